The Balaban J connectivity index is 1.86. The van der Waals surface area contributed by atoms with Crippen LogP contribution in [0.4, 0.5) is 18.9 Å². The van der Waals surface area contributed by atoms with Crippen LogP contribution in [0.25, 0.3) is 0 Å². The minimum Gasteiger partial charge on any atom is -0.352 e. The quantitative estimate of drug-likeness (QED) is 0.153. The molecule has 0 aliphatic heterocycles. The van der Waals surface area contributed by atoms with Gasteiger partial charge < -0.3 is 10.2 Å². The fraction of sp³-hybridized carbons (Fsp3) is 0.257. The molecule has 0 unspecified atom stereocenters. The average Bonchev–Trinajstić information content (AvgIpc) is 3.06. The topological polar surface area (TPSA) is 86.8 Å². The van der Waals surface area contributed by atoms with Gasteiger partial charge in [0, 0.05) is 24.0 Å². The first-order chi connectivity index (χ1) is 22.7. The van der Waals surface area contributed by atoms with E-state index in [0.717, 1.165) is 17.7 Å². The Hall–Kier alpha value is -4.06. The Morgan fingerprint density at radius 1 is 0.854 bits per heavy atom. The lowest BCUT2D eigenvalue weighted by Gasteiger charge is -2.34. The van der Waals surface area contributed by atoms with E-state index in [9.17, 15) is 31.2 Å². The molecule has 4 aromatic rings. The predicted octanol–water partition coefficient (Wildman–Crippen LogP) is 7.76. The molecule has 48 heavy (non-hydrogen) atoms. The van der Waals surface area contributed by atoms with Crippen molar-refractivity contribution in [1.29, 1.82) is 0 Å². The van der Waals surface area contributed by atoms with Gasteiger partial charge in [-0.25, -0.2) is 8.42 Å². The van der Waals surface area contributed by atoms with Gasteiger partial charge in [-0.1, -0.05) is 90.8 Å². The van der Waals surface area contributed by atoms with Crippen molar-refractivity contribution in [2.75, 3.05) is 10.8 Å². The molecule has 13 heteroatoms. The maximum atomic E-state index is 14.5. The monoisotopic (exact) mass is 719 g/mol. The molecule has 7 nitrogen and oxygen atoms in total. The van der Waals surface area contributed by atoms with Gasteiger partial charge in [0.2, 0.25) is 11.8 Å². The molecule has 0 saturated carbocycles. The minimum absolute atomic E-state index is 0.0764. The van der Waals surface area contributed by atoms with E-state index in [1.165, 1.54) is 29.2 Å². The summed E-state index contributed by atoms with van der Waals surface area (Å²) < 4.78 is 70.5. The van der Waals surface area contributed by atoms with Crippen LogP contribution in [0.3, 0.4) is 0 Å². The zero-order valence-electron chi connectivity index (χ0n) is 26.1. The van der Waals surface area contributed by atoms with E-state index in [1.807, 2.05) is 19.9 Å². The molecule has 4 aromatic carbocycles. The van der Waals surface area contributed by atoms with Crippen LogP contribution in [0, 0.1) is 0 Å². The highest BCUT2D eigenvalue weighted by molar-refractivity contribution is 7.92. The zero-order valence-corrected chi connectivity index (χ0v) is 28.5. The first-order valence-electron chi connectivity index (χ1n) is 15.0. The van der Waals surface area contributed by atoms with Gasteiger partial charge in [0.15, 0.2) is 0 Å². The first-order valence-corrected chi connectivity index (χ1v) is 17.2. The third-order valence-corrected chi connectivity index (χ3v) is 10.1. The molecule has 0 radical (unpaired) electrons. The van der Waals surface area contributed by atoms with Crippen LogP contribution in [0.1, 0.15) is 37.0 Å². The van der Waals surface area contributed by atoms with Gasteiger partial charge in [0.05, 0.1) is 21.2 Å². The molecular weight excluding hydrogens is 686 g/mol. The number of hydrogen-bond donors (Lipinski definition) is 1. The van der Waals surface area contributed by atoms with E-state index in [1.54, 1.807) is 54.6 Å². The van der Waals surface area contributed by atoms with E-state index in [-0.39, 0.29) is 23.9 Å². The minimum atomic E-state index is -4.91. The summed E-state index contributed by atoms with van der Waals surface area (Å²) in [5, 5.41) is 2.73. The van der Waals surface area contributed by atoms with Gasteiger partial charge in [0.25, 0.3) is 10.0 Å². The van der Waals surface area contributed by atoms with Crippen molar-refractivity contribution in [3.8, 4) is 0 Å². The summed E-state index contributed by atoms with van der Waals surface area (Å²) >= 11 is 12.0. The molecule has 2 amide bonds. The van der Waals surface area contributed by atoms with Crippen LogP contribution >= 0.6 is 23.2 Å². The molecule has 0 spiro atoms. The molecule has 0 aliphatic rings. The smallest absolute Gasteiger partial charge is 0.352 e. The third-order valence-electron chi connectivity index (χ3n) is 7.69. The number of nitrogens with one attached hydrogen (secondary N) is 1. The van der Waals surface area contributed by atoms with Crippen molar-refractivity contribution in [2.24, 2.45) is 0 Å². The Bertz CT molecular complexity index is 1810. The van der Waals surface area contributed by atoms with Gasteiger partial charge in [-0.05, 0) is 66.9 Å². The number of hydrogen-bond acceptors (Lipinski definition) is 4. The summed E-state index contributed by atoms with van der Waals surface area (Å²) in [4.78, 5) is 29.4. The molecule has 4 rings (SSSR count). The number of sulfonamides is 1. The average molecular weight is 721 g/mol. The second kappa shape index (κ2) is 15.9. The van der Waals surface area contributed by atoms with Crippen LogP contribution in [0.5, 0.6) is 0 Å². The number of anilines is 1. The van der Waals surface area contributed by atoms with Gasteiger partial charge in [-0.2, -0.15) is 13.2 Å². The Kier molecular flexibility index (Phi) is 12.2. The van der Waals surface area contributed by atoms with Crippen molar-refractivity contribution in [2.45, 2.75) is 56.4 Å². The molecule has 0 aliphatic carbocycles. The lowest BCUT2D eigenvalue weighted by atomic mass is 10.0. The summed E-state index contributed by atoms with van der Waals surface area (Å²) in [6.07, 6.45) is -4.22. The van der Waals surface area contributed by atoms with Crippen LogP contribution in [-0.4, -0.2) is 43.8 Å². The predicted molar refractivity (Wildman–Crippen MR) is 181 cm³/mol. The number of carbonyl (C=O) groups is 2. The largest absolute Gasteiger partial charge is 0.417 e. The van der Waals surface area contributed by atoms with E-state index < -0.39 is 56.9 Å². The van der Waals surface area contributed by atoms with Crippen LogP contribution in [-0.2, 0) is 38.8 Å². The fourth-order valence-corrected chi connectivity index (χ4v) is 6.69. The number of carbonyl (C=O) groups excluding carboxylic acids is 2. The maximum Gasteiger partial charge on any atom is 0.417 e. The third kappa shape index (κ3) is 9.30. The highest BCUT2D eigenvalue weighted by Gasteiger charge is 2.37. The van der Waals surface area contributed by atoms with Crippen molar-refractivity contribution in [3.05, 3.63) is 130 Å². The second-order valence-electron chi connectivity index (χ2n) is 11.2. The number of amides is 2. The fourth-order valence-electron chi connectivity index (χ4n) is 4.92. The standard InChI is InChI=1S/C35H34Cl2F3N3O4S/c1-3-24(2)41-34(45)32(20-25-10-6-4-7-11-25)42(22-26-14-16-27(36)17-15-26)33(44)23-43(48(46,47)29-12-8-5-9-13-29)28-18-19-31(37)30(21-28)35(38,39)40/h4-19,21,24,32H,3,20,22-23H2,1-2H3,(H,41,45)/t24-,32-/m0/s1. The number of benzene rings is 4. The number of alkyl halides is 3. The molecule has 0 aromatic heterocycles. The Morgan fingerprint density at radius 2 is 1.46 bits per heavy atom. The first kappa shape index (κ1) is 36.8. The molecule has 0 heterocycles. The lowest BCUT2D eigenvalue weighted by Crippen LogP contribution is -2.54. The molecular formula is C35H34Cl2F3N3O4S. The summed E-state index contributed by atoms with van der Waals surface area (Å²) in [5.74, 6) is -1.30. The van der Waals surface area contributed by atoms with E-state index >= 15 is 0 Å². The van der Waals surface area contributed by atoms with Gasteiger partial charge in [0.1, 0.15) is 12.6 Å². The Morgan fingerprint density at radius 3 is 2.04 bits per heavy atom. The van der Waals surface area contributed by atoms with Crippen LogP contribution in [0.2, 0.25) is 10.0 Å². The molecule has 0 saturated heterocycles. The van der Waals surface area contributed by atoms with E-state index in [0.29, 0.717) is 27.4 Å². The highest BCUT2D eigenvalue weighted by Crippen LogP contribution is 2.38. The maximum absolute atomic E-state index is 14.5. The van der Waals surface area contributed by atoms with Crippen molar-refractivity contribution >= 4 is 50.7 Å². The van der Waals surface area contributed by atoms with E-state index in [4.69, 9.17) is 23.2 Å². The van der Waals surface area contributed by atoms with Crippen LogP contribution in [0.15, 0.2) is 108 Å². The molecule has 0 fully saturated rings. The van der Waals surface area contributed by atoms with Crippen molar-refractivity contribution < 1.29 is 31.2 Å². The van der Waals surface area contributed by atoms with Gasteiger partial charge in [-0.3, -0.25) is 13.9 Å². The zero-order chi connectivity index (χ0) is 35.1. The normalized spacial score (nSPS) is 13.0. The summed E-state index contributed by atoms with van der Waals surface area (Å²) in [7, 11) is -4.61. The van der Waals surface area contributed by atoms with Gasteiger partial charge >= 0.3 is 6.18 Å². The highest BCUT2D eigenvalue weighted by atomic mass is 35.5. The second-order valence-corrected chi connectivity index (χ2v) is 13.9. The number of nitrogens with zero attached hydrogens (tertiary/aromatic N) is 2. The lowest BCUT2D eigenvalue weighted by molar-refractivity contribution is -0.140. The molecule has 0 bridgehead atoms. The molecule has 2 atom stereocenters. The summed E-state index contributed by atoms with van der Waals surface area (Å²) in [5.41, 5.74) is -0.378. The SMILES string of the molecule is CC[C@H](C)NC(=O)[C@H](Cc1ccccc1)N(Cc1ccc(Cl)cc1)C(=O)CN(c1ccc(Cl)c(C(F)(F)F)c1)S(=O)(=O)c1ccccc1. The van der Waals surface area contributed by atoms with Crippen molar-refractivity contribution in [1.82, 2.24) is 10.2 Å². The number of rotatable bonds is 13. The van der Waals surface area contributed by atoms with E-state index in [2.05, 4.69) is 5.32 Å². The molecule has 1 N–H and O–H groups in total. The Labute approximate surface area is 288 Å². The summed E-state index contributed by atoms with van der Waals surface area (Å²) in [6.45, 7) is 2.65. The van der Waals surface area contributed by atoms with Crippen molar-refractivity contribution in [3.63, 3.8) is 0 Å². The summed E-state index contributed by atoms with van der Waals surface area (Å²) in [6, 6.07) is 23.9. The number of halogens is 5. The molecule has 254 valence electrons. The van der Waals surface area contributed by atoms with Crippen LogP contribution < -0.4 is 9.62 Å². The van der Waals surface area contributed by atoms with Gasteiger partial charge in [-0.15, -0.1) is 0 Å².